The summed E-state index contributed by atoms with van der Waals surface area (Å²) in [6, 6.07) is 0. The van der Waals surface area contributed by atoms with Gasteiger partial charge in [0.1, 0.15) is 0 Å². The Morgan fingerprint density at radius 2 is 2.20 bits per heavy atom. The van der Waals surface area contributed by atoms with Crippen molar-refractivity contribution in [2.75, 3.05) is 33.3 Å². The summed E-state index contributed by atoms with van der Waals surface area (Å²) in [5, 5.41) is 17.4. The number of aliphatic hydroxyl groups excluding tert-OH is 1. The molecule has 1 atom stereocenters. The molecule has 2 N–H and O–H groups in total. The highest BCUT2D eigenvalue weighted by Crippen LogP contribution is 2.18. The second kappa shape index (κ2) is 4.97. The highest BCUT2D eigenvalue weighted by Gasteiger charge is 2.32. The van der Waals surface area contributed by atoms with Crippen LogP contribution < -0.4 is 0 Å². The van der Waals surface area contributed by atoms with E-state index in [1.807, 2.05) is 0 Å². The van der Waals surface area contributed by atoms with Crippen LogP contribution in [0.15, 0.2) is 0 Å². The highest BCUT2D eigenvalue weighted by molar-refractivity contribution is 5.80. The molecule has 0 aromatic rings. The second-order valence-corrected chi connectivity index (χ2v) is 3.70. The Hall–Kier alpha value is -1.30. The predicted molar refractivity (Wildman–Crippen MR) is 52.4 cm³/mol. The van der Waals surface area contributed by atoms with Gasteiger partial charge >= 0.3 is 6.09 Å². The number of amides is 2. The summed E-state index contributed by atoms with van der Waals surface area (Å²) in [6.07, 6.45) is -0.406. The van der Waals surface area contributed by atoms with E-state index in [1.54, 1.807) is 7.05 Å². The summed E-state index contributed by atoms with van der Waals surface area (Å²) < 4.78 is 0. The van der Waals surface area contributed by atoms with Crippen molar-refractivity contribution >= 4 is 12.0 Å². The van der Waals surface area contributed by atoms with Gasteiger partial charge in [-0.25, -0.2) is 4.79 Å². The Labute approximate surface area is 88.1 Å². The number of carboxylic acid groups (broad SMARTS) is 1. The van der Waals surface area contributed by atoms with Gasteiger partial charge in [-0.3, -0.25) is 4.79 Å². The molecule has 15 heavy (non-hydrogen) atoms. The van der Waals surface area contributed by atoms with Crippen LogP contribution in [-0.2, 0) is 4.79 Å². The van der Waals surface area contributed by atoms with E-state index in [1.165, 1.54) is 9.80 Å². The first kappa shape index (κ1) is 11.8. The standard InChI is InChI=1S/C9H16N2O4/c1-10(4-5-12)8(13)7-2-3-11(6-7)9(14)15/h7,12H,2-6H2,1H3,(H,14,15)/t7-/m1/s1. The van der Waals surface area contributed by atoms with Gasteiger partial charge in [-0.2, -0.15) is 0 Å². The van der Waals surface area contributed by atoms with Crippen molar-refractivity contribution < 1.29 is 19.8 Å². The lowest BCUT2D eigenvalue weighted by Crippen LogP contribution is -2.36. The number of likely N-dealkylation sites (tertiary alicyclic amines) is 1. The van der Waals surface area contributed by atoms with Gasteiger partial charge < -0.3 is 20.0 Å². The van der Waals surface area contributed by atoms with Crippen molar-refractivity contribution in [2.45, 2.75) is 6.42 Å². The minimum Gasteiger partial charge on any atom is -0.465 e. The summed E-state index contributed by atoms with van der Waals surface area (Å²) in [4.78, 5) is 25.0. The molecule has 1 saturated heterocycles. The molecule has 86 valence electrons. The Bertz CT molecular complexity index is 256. The fourth-order valence-electron chi connectivity index (χ4n) is 1.71. The fraction of sp³-hybridized carbons (Fsp3) is 0.778. The summed E-state index contributed by atoms with van der Waals surface area (Å²) in [5.41, 5.74) is 0. The topological polar surface area (TPSA) is 81.1 Å². The molecule has 1 aliphatic rings. The lowest BCUT2D eigenvalue weighted by molar-refractivity contribution is -0.134. The molecular weight excluding hydrogens is 200 g/mol. The zero-order chi connectivity index (χ0) is 11.4. The van der Waals surface area contributed by atoms with Gasteiger partial charge in [0.25, 0.3) is 0 Å². The molecule has 0 aromatic carbocycles. The Morgan fingerprint density at radius 3 is 2.67 bits per heavy atom. The van der Waals surface area contributed by atoms with Crippen molar-refractivity contribution in [3.05, 3.63) is 0 Å². The maximum Gasteiger partial charge on any atom is 0.407 e. The monoisotopic (exact) mass is 216 g/mol. The van der Waals surface area contributed by atoms with Crippen LogP contribution >= 0.6 is 0 Å². The van der Waals surface area contributed by atoms with Gasteiger partial charge in [0.05, 0.1) is 12.5 Å². The van der Waals surface area contributed by atoms with Crippen LogP contribution in [0.3, 0.4) is 0 Å². The fourth-order valence-corrected chi connectivity index (χ4v) is 1.71. The summed E-state index contributed by atoms with van der Waals surface area (Å²) >= 11 is 0. The maximum absolute atomic E-state index is 11.7. The summed E-state index contributed by atoms with van der Waals surface area (Å²) in [6.45, 7) is 0.905. The third kappa shape index (κ3) is 2.82. The molecule has 1 rings (SSSR count). The van der Waals surface area contributed by atoms with E-state index in [4.69, 9.17) is 10.2 Å². The molecule has 1 fully saturated rings. The van der Waals surface area contributed by atoms with E-state index in [-0.39, 0.29) is 25.0 Å². The van der Waals surface area contributed by atoms with Crippen molar-refractivity contribution in [3.63, 3.8) is 0 Å². The van der Waals surface area contributed by atoms with E-state index in [9.17, 15) is 9.59 Å². The molecular formula is C9H16N2O4. The molecule has 6 nitrogen and oxygen atoms in total. The molecule has 0 radical (unpaired) electrons. The number of hydrogen-bond acceptors (Lipinski definition) is 3. The minimum atomic E-state index is -0.977. The third-order valence-electron chi connectivity index (χ3n) is 2.62. The smallest absolute Gasteiger partial charge is 0.407 e. The Morgan fingerprint density at radius 1 is 1.53 bits per heavy atom. The van der Waals surface area contributed by atoms with Crippen molar-refractivity contribution in [1.82, 2.24) is 9.80 Å². The quantitative estimate of drug-likeness (QED) is 0.662. The zero-order valence-corrected chi connectivity index (χ0v) is 8.72. The Balaban J connectivity index is 2.46. The number of hydrogen-bond donors (Lipinski definition) is 2. The van der Waals surface area contributed by atoms with Gasteiger partial charge in [-0.15, -0.1) is 0 Å². The average Bonchev–Trinajstić information content (AvgIpc) is 2.65. The van der Waals surface area contributed by atoms with E-state index in [2.05, 4.69) is 0 Å². The predicted octanol–water partition coefficient (Wildman–Crippen LogP) is -0.563. The summed E-state index contributed by atoms with van der Waals surface area (Å²) in [7, 11) is 1.61. The average molecular weight is 216 g/mol. The van der Waals surface area contributed by atoms with Crippen LogP contribution in [0, 0.1) is 5.92 Å². The second-order valence-electron chi connectivity index (χ2n) is 3.70. The van der Waals surface area contributed by atoms with Crippen molar-refractivity contribution in [1.29, 1.82) is 0 Å². The minimum absolute atomic E-state index is 0.0718. The number of nitrogens with zero attached hydrogens (tertiary/aromatic N) is 2. The number of carbonyl (C=O) groups excluding carboxylic acids is 1. The highest BCUT2D eigenvalue weighted by atomic mass is 16.4. The van der Waals surface area contributed by atoms with E-state index in [0.717, 1.165) is 0 Å². The molecule has 0 saturated carbocycles. The molecule has 0 unspecified atom stereocenters. The van der Waals surface area contributed by atoms with Crippen LogP contribution in [0.5, 0.6) is 0 Å². The number of rotatable bonds is 3. The number of likely N-dealkylation sites (N-methyl/N-ethyl adjacent to an activating group) is 1. The van der Waals surface area contributed by atoms with Gasteiger partial charge in [0.2, 0.25) is 5.91 Å². The third-order valence-corrected chi connectivity index (χ3v) is 2.62. The van der Waals surface area contributed by atoms with E-state index < -0.39 is 6.09 Å². The van der Waals surface area contributed by atoms with Crippen LogP contribution in [0.1, 0.15) is 6.42 Å². The Kier molecular flexibility index (Phi) is 3.90. The first-order chi connectivity index (χ1) is 7.06. The molecule has 0 bridgehead atoms. The van der Waals surface area contributed by atoms with Crippen LogP contribution in [0.25, 0.3) is 0 Å². The van der Waals surface area contributed by atoms with Gasteiger partial charge in [-0.1, -0.05) is 0 Å². The molecule has 1 aliphatic heterocycles. The molecule has 2 amide bonds. The molecule has 0 aromatic heterocycles. The maximum atomic E-state index is 11.7. The van der Waals surface area contributed by atoms with E-state index >= 15 is 0 Å². The molecule has 0 spiro atoms. The van der Waals surface area contributed by atoms with Gasteiger partial charge in [0.15, 0.2) is 0 Å². The lowest BCUT2D eigenvalue weighted by Gasteiger charge is -2.19. The number of carbonyl (C=O) groups is 2. The van der Waals surface area contributed by atoms with Crippen LogP contribution in [-0.4, -0.2) is 65.3 Å². The van der Waals surface area contributed by atoms with Crippen molar-refractivity contribution in [2.24, 2.45) is 5.92 Å². The zero-order valence-electron chi connectivity index (χ0n) is 8.72. The van der Waals surface area contributed by atoms with Gasteiger partial charge in [-0.05, 0) is 6.42 Å². The molecule has 6 heteroatoms. The van der Waals surface area contributed by atoms with Crippen LogP contribution in [0.2, 0.25) is 0 Å². The summed E-state index contributed by atoms with van der Waals surface area (Å²) in [5.74, 6) is -0.342. The van der Waals surface area contributed by atoms with Crippen LogP contribution in [0.4, 0.5) is 4.79 Å². The van der Waals surface area contributed by atoms with Gasteiger partial charge in [0, 0.05) is 26.7 Å². The lowest BCUT2D eigenvalue weighted by atomic mass is 10.1. The first-order valence-electron chi connectivity index (χ1n) is 4.90. The SMILES string of the molecule is CN(CCO)C(=O)[C@@H]1CCN(C(=O)O)C1. The molecule has 1 heterocycles. The number of aliphatic hydroxyl groups is 1. The van der Waals surface area contributed by atoms with E-state index in [0.29, 0.717) is 19.5 Å². The molecule has 0 aliphatic carbocycles. The normalized spacial score (nSPS) is 20.4. The van der Waals surface area contributed by atoms with Crippen molar-refractivity contribution in [3.8, 4) is 0 Å². The first-order valence-corrected chi connectivity index (χ1v) is 4.90. The largest absolute Gasteiger partial charge is 0.465 e.